The summed E-state index contributed by atoms with van der Waals surface area (Å²) in [4.78, 5) is 24.7. The van der Waals surface area contributed by atoms with Crippen molar-refractivity contribution in [1.82, 2.24) is 4.98 Å². The van der Waals surface area contributed by atoms with Crippen molar-refractivity contribution in [3.05, 3.63) is 27.9 Å². The van der Waals surface area contributed by atoms with Crippen LogP contribution >= 0.6 is 0 Å². The molecule has 2 atom stereocenters. The molecule has 1 aromatic heterocycles. The van der Waals surface area contributed by atoms with Crippen LogP contribution in [0.25, 0.3) is 0 Å². The maximum atomic E-state index is 11.1. The second-order valence-electron chi connectivity index (χ2n) is 3.47. The van der Waals surface area contributed by atoms with Gasteiger partial charge < -0.3 is 19.7 Å². The number of aliphatic hydroxyl groups is 2. The zero-order chi connectivity index (χ0) is 14.6. The SMILES string of the molecule is COC(=O)C(O)C(O)c1cnc(OC)c([N+](=O)[O-])c1. The molecular weight excluding hydrogens is 260 g/mol. The lowest BCUT2D eigenvalue weighted by molar-refractivity contribution is -0.386. The summed E-state index contributed by atoms with van der Waals surface area (Å²) in [7, 11) is 2.24. The quantitative estimate of drug-likeness (QED) is 0.419. The van der Waals surface area contributed by atoms with Crippen molar-refractivity contribution in [2.24, 2.45) is 0 Å². The maximum Gasteiger partial charge on any atom is 0.337 e. The summed E-state index contributed by atoms with van der Waals surface area (Å²) in [5, 5.41) is 29.9. The van der Waals surface area contributed by atoms with Crippen molar-refractivity contribution >= 4 is 11.7 Å². The van der Waals surface area contributed by atoms with E-state index < -0.39 is 28.8 Å². The number of hydrogen-bond donors (Lipinski definition) is 2. The van der Waals surface area contributed by atoms with Crippen molar-refractivity contribution in [2.75, 3.05) is 14.2 Å². The molecule has 0 aliphatic carbocycles. The Kier molecular flexibility index (Phi) is 4.73. The molecule has 19 heavy (non-hydrogen) atoms. The fraction of sp³-hybridized carbons (Fsp3) is 0.400. The normalized spacial score (nSPS) is 13.5. The van der Waals surface area contributed by atoms with Gasteiger partial charge >= 0.3 is 11.7 Å². The van der Waals surface area contributed by atoms with E-state index in [-0.39, 0.29) is 11.4 Å². The van der Waals surface area contributed by atoms with E-state index in [0.717, 1.165) is 19.4 Å². The lowest BCUT2D eigenvalue weighted by Gasteiger charge is -2.15. The summed E-state index contributed by atoms with van der Waals surface area (Å²) < 4.78 is 8.93. The van der Waals surface area contributed by atoms with E-state index in [1.165, 1.54) is 7.11 Å². The topological polar surface area (TPSA) is 132 Å². The Labute approximate surface area is 107 Å². The molecule has 2 unspecified atom stereocenters. The van der Waals surface area contributed by atoms with Crippen molar-refractivity contribution in [2.45, 2.75) is 12.2 Å². The van der Waals surface area contributed by atoms with E-state index in [9.17, 15) is 25.1 Å². The minimum atomic E-state index is -1.86. The summed E-state index contributed by atoms with van der Waals surface area (Å²) in [5.41, 5.74) is -0.596. The average Bonchev–Trinajstić information content (AvgIpc) is 2.43. The second-order valence-corrected chi connectivity index (χ2v) is 3.47. The van der Waals surface area contributed by atoms with Crippen LogP contribution in [0.4, 0.5) is 5.69 Å². The van der Waals surface area contributed by atoms with Gasteiger partial charge in [0.25, 0.3) is 5.88 Å². The maximum absolute atomic E-state index is 11.1. The van der Waals surface area contributed by atoms with Crippen LogP contribution < -0.4 is 4.74 Å². The highest BCUT2D eigenvalue weighted by atomic mass is 16.6. The highest BCUT2D eigenvalue weighted by Crippen LogP contribution is 2.28. The molecular formula is C10H12N2O7. The van der Waals surface area contributed by atoms with Crippen molar-refractivity contribution in [1.29, 1.82) is 0 Å². The van der Waals surface area contributed by atoms with Gasteiger partial charge in [-0.05, 0) is 0 Å². The van der Waals surface area contributed by atoms with Gasteiger partial charge in [0.1, 0.15) is 6.10 Å². The van der Waals surface area contributed by atoms with Crippen molar-refractivity contribution in [3.63, 3.8) is 0 Å². The first-order chi connectivity index (χ1) is 8.92. The minimum Gasteiger partial charge on any atom is -0.476 e. The number of aromatic nitrogens is 1. The van der Waals surface area contributed by atoms with Gasteiger partial charge in [0, 0.05) is 17.8 Å². The summed E-state index contributed by atoms with van der Waals surface area (Å²) in [5.74, 6) is -1.31. The molecule has 0 bridgehead atoms. The molecule has 2 N–H and O–H groups in total. The Morgan fingerprint density at radius 1 is 1.47 bits per heavy atom. The minimum absolute atomic E-state index is 0.106. The molecule has 0 radical (unpaired) electrons. The smallest absolute Gasteiger partial charge is 0.337 e. The first-order valence-electron chi connectivity index (χ1n) is 5.04. The monoisotopic (exact) mass is 272 g/mol. The first-order valence-corrected chi connectivity index (χ1v) is 5.04. The van der Waals surface area contributed by atoms with Gasteiger partial charge in [0.15, 0.2) is 6.10 Å². The van der Waals surface area contributed by atoms with Gasteiger partial charge in [-0.1, -0.05) is 0 Å². The number of pyridine rings is 1. The molecule has 1 heterocycles. The predicted octanol–water partition coefficient (Wildman–Crippen LogP) is -0.434. The van der Waals surface area contributed by atoms with Gasteiger partial charge in [-0.2, -0.15) is 0 Å². The Balaban J connectivity index is 3.11. The third-order valence-electron chi connectivity index (χ3n) is 2.33. The fourth-order valence-electron chi connectivity index (χ4n) is 1.34. The van der Waals surface area contributed by atoms with Crippen molar-refractivity contribution in [3.8, 4) is 5.88 Å². The molecule has 0 aromatic carbocycles. The molecule has 0 aliphatic heterocycles. The molecule has 1 aromatic rings. The first kappa shape index (κ1) is 14.8. The largest absolute Gasteiger partial charge is 0.476 e. The van der Waals surface area contributed by atoms with Crippen LogP contribution in [0.3, 0.4) is 0 Å². The third kappa shape index (κ3) is 3.14. The predicted molar refractivity (Wildman–Crippen MR) is 60.4 cm³/mol. The van der Waals surface area contributed by atoms with Gasteiger partial charge in [-0.15, -0.1) is 0 Å². The standard InChI is InChI=1S/C10H12N2O7/c1-18-9-6(12(16)17)3-5(4-11-9)7(13)8(14)10(15)19-2/h3-4,7-8,13-14H,1-2H3. The van der Waals surface area contributed by atoms with E-state index in [0.29, 0.717) is 0 Å². The van der Waals surface area contributed by atoms with E-state index in [1.54, 1.807) is 0 Å². The molecule has 0 spiro atoms. The molecule has 0 aliphatic rings. The molecule has 0 amide bonds. The zero-order valence-electron chi connectivity index (χ0n) is 10.1. The number of methoxy groups -OCH3 is 2. The Morgan fingerprint density at radius 3 is 2.58 bits per heavy atom. The second kappa shape index (κ2) is 6.07. The van der Waals surface area contributed by atoms with Crippen LogP contribution in [-0.2, 0) is 9.53 Å². The van der Waals surface area contributed by atoms with Crippen LogP contribution in [-0.4, -0.2) is 46.4 Å². The molecule has 9 nitrogen and oxygen atoms in total. The van der Waals surface area contributed by atoms with Gasteiger partial charge in [-0.3, -0.25) is 10.1 Å². The lowest BCUT2D eigenvalue weighted by atomic mass is 10.1. The average molecular weight is 272 g/mol. The molecule has 104 valence electrons. The number of ether oxygens (including phenoxy) is 2. The van der Waals surface area contributed by atoms with E-state index in [1.807, 2.05) is 0 Å². The Hall–Kier alpha value is -2.26. The van der Waals surface area contributed by atoms with Crippen LogP contribution in [0, 0.1) is 10.1 Å². The number of carbonyl (C=O) groups excluding carboxylic acids is 1. The number of esters is 1. The third-order valence-corrected chi connectivity index (χ3v) is 2.33. The van der Waals surface area contributed by atoms with Crippen LogP contribution in [0.2, 0.25) is 0 Å². The van der Waals surface area contributed by atoms with Crippen LogP contribution in [0.1, 0.15) is 11.7 Å². The molecule has 9 heteroatoms. The highest BCUT2D eigenvalue weighted by Gasteiger charge is 2.29. The number of nitro groups is 1. The number of hydrogen-bond acceptors (Lipinski definition) is 8. The molecule has 0 saturated carbocycles. The van der Waals surface area contributed by atoms with Crippen LogP contribution in [0.15, 0.2) is 12.3 Å². The Bertz CT molecular complexity index is 491. The summed E-state index contributed by atoms with van der Waals surface area (Å²) >= 11 is 0. The molecule has 0 saturated heterocycles. The highest BCUT2D eigenvalue weighted by molar-refractivity contribution is 5.75. The number of rotatable bonds is 5. The van der Waals surface area contributed by atoms with Gasteiger partial charge in [0.2, 0.25) is 0 Å². The zero-order valence-corrected chi connectivity index (χ0v) is 10.1. The van der Waals surface area contributed by atoms with Gasteiger partial charge in [0.05, 0.1) is 19.1 Å². The summed E-state index contributed by atoms with van der Waals surface area (Å²) in [6.07, 6.45) is -2.49. The molecule has 1 rings (SSSR count). The summed E-state index contributed by atoms with van der Waals surface area (Å²) in [6.45, 7) is 0. The number of carbonyl (C=O) groups is 1. The van der Waals surface area contributed by atoms with E-state index >= 15 is 0 Å². The van der Waals surface area contributed by atoms with Crippen molar-refractivity contribution < 1.29 is 29.4 Å². The van der Waals surface area contributed by atoms with Gasteiger partial charge in [-0.25, -0.2) is 9.78 Å². The Morgan fingerprint density at radius 2 is 2.11 bits per heavy atom. The fourth-order valence-corrected chi connectivity index (χ4v) is 1.34. The number of nitrogens with zero attached hydrogens (tertiary/aromatic N) is 2. The lowest BCUT2D eigenvalue weighted by Crippen LogP contribution is -2.29. The molecule has 0 fully saturated rings. The van der Waals surface area contributed by atoms with E-state index in [2.05, 4.69) is 14.5 Å². The van der Waals surface area contributed by atoms with Crippen LogP contribution in [0.5, 0.6) is 5.88 Å². The summed E-state index contributed by atoms with van der Waals surface area (Å²) in [6, 6.07) is 0.961. The van der Waals surface area contributed by atoms with E-state index in [4.69, 9.17) is 0 Å². The number of aliphatic hydroxyl groups excluding tert-OH is 2.